The zero-order valence-corrected chi connectivity index (χ0v) is 11.1. The molecule has 0 spiro atoms. The van der Waals surface area contributed by atoms with Crippen LogP contribution in [0.3, 0.4) is 0 Å². The van der Waals surface area contributed by atoms with E-state index in [9.17, 15) is 19.7 Å². The van der Waals surface area contributed by atoms with Crippen molar-refractivity contribution in [2.75, 3.05) is 5.73 Å². The highest BCUT2D eigenvalue weighted by Crippen LogP contribution is 2.33. The molecule has 0 amide bonds. The maximum atomic E-state index is 11.3. The van der Waals surface area contributed by atoms with Crippen molar-refractivity contribution in [1.82, 2.24) is 9.97 Å². The van der Waals surface area contributed by atoms with Gasteiger partial charge in [-0.1, -0.05) is 0 Å². The molecule has 9 nitrogen and oxygen atoms in total. The van der Waals surface area contributed by atoms with Crippen molar-refractivity contribution in [3.63, 3.8) is 0 Å². The van der Waals surface area contributed by atoms with Crippen LogP contribution in [0, 0.1) is 10.1 Å². The third-order valence-electron chi connectivity index (χ3n) is 2.35. The Balaban J connectivity index is 2.50. The summed E-state index contributed by atoms with van der Waals surface area (Å²) in [6.07, 6.45) is 0. The van der Waals surface area contributed by atoms with Gasteiger partial charge < -0.3 is 15.8 Å². The summed E-state index contributed by atoms with van der Waals surface area (Å²) >= 11 is 0.751. The minimum absolute atomic E-state index is 0.0330. The smallest absolute Gasteiger partial charge is 0.335 e. The number of benzene rings is 1. The molecule has 0 bridgehead atoms. The first kappa shape index (κ1) is 14.5. The highest BCUT2D eigenvalue weighted by molar-refractivity contribution is 7.99. The van der Waals surface area contributed by atoms with Gasteiger partial charge in [-0.3, -0.25) is 14.9 Å². The highest BCUT2D eigenvalue weighted by atomic mass is 32.2. The molecular formula is C11H8N4O5S. The first-order valence-corrected chi connectivity index (χ1v) is 6.25. The Morgan fingerprint density at radius 2 is 2.14 bits per heavy atom. The molecule has 0 aliphatic heterocycles. The van der Waals surface area contributed by atoms with Crippen LogP contribution < -0.4 is 11.3 Å². The fourth-order valence-electron chi connectivity index (χ4n) is 1.49. The molecule has 0 unspecified atom stereocenters. The van der Waals surface area contributed by atoms with Gasteiger partial charge in [-0.25, -0.2) is 9.78 Å². The second kappa shape index (κ2) is 5.63. The third-order valence-corrected chi connectivity index (χ3v) is 3.28. The van der Waals surface area contributed by atoms with Gasteiger partial charge in [0, 0.05) is 12.1 Å². The fourth-order valence-corrected chi connectivity index (χ4v) is 2.43. The summed E-state index contributed by atoms with van der Waals surface area (Å²) < 4.78 is 0. The average Bonchev–Trinajstić information content (AvgIpc) is 2.36. The van der Waals surface area contributed by atoms with Crippen molar-refractivity contribution in [2.24, 2.45) is 0 Å². The van der Waals surface area contributed by atoms with Crippen LogP contribution >= 0.6 is 11.8 Å². The van der Waals surface area contributed by atoms with Gasteiger partial charge in [0.1, 0.15) is 5.82 Å². The average molecular weight is 308 g/mol. The van der Waals surface area contributed by atoms with Crippen molar-refractivity contribution in [3.8, 4) is 0 Å². The number of carboxylic acids is 1. The van der Waals surface area contributed by atoms with E-state index in [1.54, 1.807) is 0 Å². The molecule has 1 heterocycles. The van der Waals surface area contributed by atoms with Crippen molar-refractivity contribution < 1.29 is 14.8 Å². The van der Waals surface area contributed by atoms with Crippen LogP contribution in [-0.4, -0.2) is 26.0 Å². The van der Waals surface area contributed by atoms with E-state index in [-0.39, 0.29) is 27.1 Å². The van der Waals surface area contributed by atoms with Gasteiger partial charge in [-0.05, 0) is 23.9 Å². The van der Waals surface area contributed by atoms with Crippen molar-refractivity contribution in [2.45, 2.75) is 10.1 Å². The Labute approximate surface area is 121 Å². The molecule has 0 radical (unpaired) electrons. The largest absolute Gasteiger partial charge is 0.478 e. The molecule has 0 saturated heterocycles. The van der Waals surface area contributed by atoms with E-state index in [0.717, 1.165) is 36.0 Å². The number of H-pyrrole nitrogens is 1. The van der Waals surface area contributed by atoms with Crippen LogP contribution in [0.5, 0.6) is 0 Å². The number of nitrogens with zero attached hydrogens (tertiary/aromatic N) is 2. The molecule has 0 fully saturated rings. The lowest BCUT2D eigenvalue weighted by atomic mass is 10.2. The van der Waals surface area contributed by atoms with E-state index in [1.807, 2.05) is 0 Å². The molecule has 4 N–H and O–H groups in total. The lowest BCUT2D eigenvalue weighted by molar-refractivity contribution is -0.387. The number of nitro groups is 1. The Morgan fingerprint density at radius 3 is 2.71 bits per heavy atom. The van der Waals surface area contributed by atoms with Gasteiger partial charge >= 0.3 is 5.97 Å². The number of nitrogens with two attached hydrogens (primary N) is 1. The van der Waals surface area contributed by atoms with Gasteiger partial charge in [0.2, 0.25) is 0 Å². The molecule has 10 heteroatoms. The molecule has 21 heavy (non-hydrogen) atoms. The zero-order chi connectivity index (χ0) is 15.6. The number of hydrogen-bond donors (Lipinski definition) is 3. The SMILES string of the molecule is Nc1cc(=O)[nH]c(Sc2cc(C(=O)O)ccc2[N+](=O)[O-])n1. The molecule has 0 atom stereocenters. The molecule has 2 rings (SSSR count). The summed E-state index contributed by atoms with van der Waals surface area (Å²) in [6, 6.07) is 4.40. The molecule has 0 aliphatic carbocycles. The van der Waals surface area contributed by atoms with Gasteiger partial charge in [0.15, 0.2) is 5.16 Å². The molecule has 2 aromatic rings. The van der Waals surface area contributed by atoms with Gasteiger partial charge in [0.25, 0.3) is 11.2 Å². The number of nitrogen functional groups attached to an aromatic ring is 1. The number of carbonyl (C=O) groups is 1. The minimum atomic E-state index is -1.22. The maximum Gasteiger partial charge on any atom is 0.335 e. The van der Waals surface area contributed by atoms with Crippen molar-refractivity contribution in [3.05, 3.63) is 50.3 Å². The summed E-state index contributed by atoms with van der Waals surface area (Å²) in [6.45, 7) is 0. The van der Waals surface area contributed by atoms with E-state index in [2.05, 4.69) is 9.97 Å². The number of aromatic amines is 1. The first-order chi connectivity index (χ1) is 9.86. The van der Waals surface area contributed by atoms with Crippen LogP contribution in [0.1, 0.15) is 10.4 Å². The number of carboxylic acid groups (broad SMARTS) is 1. The summed E-state index contributed by atoms with van der Waals surface area (Å²) in [4.78, 5) is 38.7. The summed E-state index contributed by atoms with van der Waals surface area (Å²) in [5, 5.41) is 19.9. The number of aromatic carboxylic acids is 1. The van der Waals surface area contributed by atoms with Crippen LogP contribution in [0.4, 0.5) is 11.5 Å². The zero-order valence-electron chi connectivity index (χ0n) is 10.3. The Kier molecular flexibility index (Phi) is 3.89. The number of nitro benzene ring substituents is 1. The number of anilines is 1. The molecule has 108 valence electrons. The second-order valence-electron chi connectivity index (χ2n) is 3.82. The van der Waals surface area contributed by atoms with E-state index in [1.165, 1.54) is 0 Å². The van der Waals surface area contributed by atoms with Crippen LogP contribution in [0.15, 0.2) is 39.1 Å². The molecule has 0 saturated carbocycles. The maximum absolute atomic E-state index is 11.3. The van der Waals surface area contributed by atoms with E-state index in [4.69, 9.17) is 10.8 Å². The predicted molar refractivity (Wildman–Crippen MR) is 73.4 cm³/mol. The van der Waals surface area contributed by atoms with Crippen LogP contribution in [0.25, 0.3) is 0 Å². The highest BCUT2D eigenvalue weighted by Gasteiger charge is 2.18. The Morgan fingerprint density at radius 1 is 1.43 bits per heavy atom. The number of hydrogen-bond acceptors (Lipinski definition) is 7. The number of rotatable bonds is 4. The molecular weight excluding hydrogens is 300 g/mol. The Bertz CT molecular complexity index is 788. The number of nitrogens with one attached hydrogen (secondary N) is 1. The van der Waals surface area contributed by atoms with Gasteiger partial charge in [-0.2, -0.15) is 0 Å². The Hall–Kier alpha value is -2.88. The van der Waals surface area contributed by atoms with E-state index < -0.39 is 16.5 Å². The first-order valence-electron chi connectivity index (χ1n) is 5.43. The monoisotopic (exact) mass is 308 g/mol. The molecule has 1 aromatic carbocycles. The van der Waals surface area contributed by atoms with Gasteiger partial charge in [0.05, 0.1) is 15.4 Å². The van der Waals surface area contributed by atoms with Crippen molar-refractivity contribution >= 4 is 29.2 Å². The van der Waals surface area contributed by atoms with Crippen molar-refractivity contribution in [1.29, 1.82) is 0 Å². The standard InChI is InChI=1S/C11H8N4O5S/c12-8-4-9(16)14-11(13-8)21-7-3-5(10(17)18)1-2-6(7)15(19)20/h1-4H,(H,17,18)(H3,12,13,14,16). The lowest BCUT2D eigenvalue weighted by Crippen LogP contribution is -2.09. The van der Waals surface area contributed by atoms with Crippen LogP contribution in [0.2, 0.25) is 0 Å². The summed E-state index contributed by atoms with van der Waals surface area (Å²) in [7, 11) is 0. The normalized spacial score (nSPS) is 10.3. The lowest BCUT2D eigenvalue weighted by Gasteiger charge is -2.04. The van der Waals surface area contributed by atoms with E-state index in [0.29, 0.717) is 0 Å². The number of aromatic nitrogens is 2. The van der Waals surface area contributed by atoms with Crippen LogP contribution in [-0.2, 0) is 0 Å². The second-order valence-corrected chi connectivity index (χ2v) is 4.85. The minimum Gasteiger partial charge on any atom is -0.478 e. The summed E-state index contributed by atoms with van der Waals surface area (Å²) in [5.74, 6) is -1.26. The van der Waals surface area contributed by atoms with Gasteiger partial charge in [-0.15, -0.1) is 0 Å². The predicted octanol–water partition coefficient (Wildman–Crippen LogP) is 1.11. The fraction of sp³-hybridized carbons (Fsp3) is 0. The molecule has 1 aromatic heterocycles. The van der Waals surface area contributed by atoms with E-state index >= 15 is 0 Å². The third kappa shape index (κ3) is 3.36. The quantitative estimate of drug-likeness (QED) is 0.431. The summed E-state index contributed by atoms with van der Waals surface area (Å²) in [5.41, 5.74) is 4.49. The molecule has 0 aliphatic rings. The topological polar surface area (TPSA) is 152 Å².